The SMILES string of the molecule is CC(C)CC(=O)N1CCN(Cc2csc(-c3ccccc3)n2)CC1. The molecule has 0 bridgehead atoms. The van der Waals surface area contributed by atoms with Gasteiger partial charge in [-0.3, -0.25) is 9.69 Å². The van der Waals surface area contributed by atoms with Gasteiger partial charge in [0.1, 0.15) is 5.01 Å². The quantitative estimate of drug-likeness (QED) is 0.834. The molecular weight excluding hydrogens is 318 g/mol. The zero-order valence-electron chi connectivity index (χ0n) is 14.4. The van der Waals surface area contributed by atoms with Crippen molar-refractivity contribution in [1.82, 2.24) is 14.8 Å². The first-order valence-electron chi connectivity index (χ1n) is 8.62. The van der Waals surface area contributed by atoms with E-state index < -0.39 is 0 Å². The Bertz CT molecular complexity index is 660. The molecule has 0 N–H and O–H groups in total. The molecule has 1 fully saturated rings. The number of carbonyl (C=O) groups excluding carboxylic acids is 1. The topological polar surface area (TPSA) is 36.4 Å². The molecule has 128 valence electrons. The lowest BCUT2D eigenvalue weighted by Gasteiger charge is -2.34. The number of rotatable bonds is 5. The zero-order chi connectivity index (χ0) is 16.9. The fourth-order valence-corrected chi connectivity index (χ4v) is 3.77. The molecule has 0 atom stereocenters. The molecule has 2 aromatic rings. The standard InChI is InChI=1S/C19H25N3OS/c1-15(2)12-18(23)22-10-8-21(9-11-22)13-17-14-24-19(20-17)16-6-4-3-5-7-16/h3-7,14-15H,8-13H2,1-2H3. The van der Waals surface area contributed by atoms with Crippen LogP contribution < -0.4 is 0 Å². The maximum absolute atomic E-state index is 12.1. The molecule has 1 amide bonds. The molecule has 0 aliphatic carbocycles. The van der Waals surface area contributed by atoms with Crippen LogP contribution in [0.25, 0.3) is 10.6 Å². The summed E-state index contributed by atoms with van der Waals surface area (Å²) in [5.74, 6) is 0.728. The first-order chi connectivity index (χ1) is 11.6. The fraction of sp³-hybridized carbons (Fsp3) is 0.474. The van der Waals surface area contributed by atoms with Crippen molar-refractivity contribution >= 4 is 17.2 Å². The van der Waals surface area contributed by atoms with Gasteiger partial charge >= 0.3 is 0 Å². The lowest BCUT2D eigenvalue weighted by Crippen LogP contribution is -2.48. The van der Waals surface area contributed by atoms with Crippen LogP contribution in [-0.2, 0) is 11.3 Å². The molecule has 0 spiro atoms. The van der Waals surface area contributed by atoms with Gasteiger partial charge in [0.2, 0.25) is 5.91 Å². The minimum atomic E-state index is 0.296. The number of amides is 1. The molecule has 5 heteroatoms. The number of aromatic nitrogens is 1. The molecule has 4 nitrogen and oxygen atoms in total. The number of piperazine rings is 1. The van der Waals surface area contributed by atoms with E-state index in [-0.39, 0.29) is 0 Å². The van der Waals surface area contributed by atoms with Gasteiger partial charge in [0.25, 0.3) is 0 Å². The van der Waals surface area contributed by atoms with Crippen LogP contribution in [-0.4, -0.2) is 46.9 Å². The Balaban J connectivity index is 1.52. The number of thiazole rings is 1. The van der Waals surface area contributed by atoms with Crippen LogP contribution >= 0.6 is 11.3 Å². The van der Waals surface area contributed by atoms with Crippen LogP contribution in [0.4, 0.5) is 0 Å². The third-order valence-electron chi connectivity index (χ3n) is 4.27. The van der Waals surface area contributed by atoms with Crippen molar-refractivity contribution in [2.45, 2.75) is 26.8 Å². The smallest absolute Gasteiger partial charge is 0.222 e. The first-order valence-corrected chi connectivity index (χ1v) is 9.49. The maximum atomic E-state index is 12.1. The van der Waals surface area contributed by atoms with Crippen molar-refractivity contribution in [3.05, 3.63) is 41.4 Å². The van der Waals surface area contributed by atoms with Crippen LogP contribution in [0.15, 0.2) is 35.7 Å². The lowest BCUT2D eigenvalue weighted by molar-refractivity contribution is -0.133. The molecule has 3 rings (SSSR count). The molecule has 24 heavy (non-hydrogen) atoms. The molecule has 1 saturated heterocycles. The van der Waals surface area contributed by atoms with E-state index in [0.717, 1.165) is 43.4 Å². The third-order valence-corrected chi connectivity index (χ3v) is 5.21. The van der Waals surface area contributed by atoms with E-state index in [1.165, 1.54) is 5.56 Å². The lowest BCUT2D eigenvalue weighted by atomic mass is 10.1. The number of hydrogen-bond donors (Lipinski definition) is 0. The Morgan fingerprint density at radius 3 is 2.54 bits per heavy atom. The van der Waals surface area contributed by atoms with E-state index in [1.807, 2.05) is 23.1 Å². The van der Waals surface area contributed by atoms with E-state index in [9.17, 15) is 4.79 Å². The van der Waals surface area contributed by atoms with E-state index in [1.54, 1.807) is 11.3 Å². The molecule has 0 radical (unpaired) electrons. The molecule has 1 aromatic heterocycles. The average molecular weight is 343 g/mol. The fourth-order valence-electron chi connectivity index (χ4n) is 2.96. The largest absolute Gasteiger partial charge is 0.340 e. The third kappa shape index (κ3) is 4.42. The van der Waals surface area contributed by atoms with E-state index >= 15 is 0 Å². The Morgan fingerprint density at radius 2 is 1.88 bits per heavy atom. The Morgan fingerprint density at radius 1 is 1.17 bits per heavy atom. The zero-order valence-corrected chi connectivity index (χ0v) is 15.3. The van der Waals surface area contributed by atoms with Crippen LogP contribution in [0.3, 0.4) is 0 Å². The summed E-state index contributed by atoms with van der Waals surface area (Å²) in [5.41, 5.74) is 2.30. The van der Waals surface area contributed by atoms with E-state index in [4.69, 9.17) is 4.98 Å². The summed E-state index contributed by atoms with van der Waals surface area (Å²) in [6.45, 7) is 8.60. The Hall–Kier alpha value is -1.72. The second-order valence-electron chi connectivity index (χ2n) is 6.76. The van der Waals surface area contributed by atoms with Gasteiger partial charge in [-0.2, -0.15) is 0 Å². The summed E-state index contributed by atoms with van der Waals surface area (Å²) >= 11 is 1.70. The molecule has 0 unspecified atom stereocenters. The van der Waals surface area contributed by atoms with Gasteiger partial charge in [0, 0.05) is 50.1 Å². The number of benzene rings is 1. The van der Waals surface area contributed by atoms with Crippen molar-refractivity contribution < 1.29 is 4.79 Å². The van der Waals surface area contributed by atoms with Crippen molar-refractivity contribution in [3.63, 3.8) is 0 Å². The van der Waals surface area contributed by atoms with Crippen LogP contribution in [0.2, 0.25) is 0 Å². The summed E-state index contributed by atoms with van der Waals surface area (Å²) in [4.78, 5) is 21.3. The Kier molecular flexibility index (Phi) is 5.63. The van der Waals surface area contributed by atoms with Gasteiger partial charge < -0.3 is 4.90 Å². The van der Waals surface area contributed by atoms with Gasteiger partial charge in [-0.15, -0.1) is 11.3 Å². The van der Waals surface area contributed by atoms with Crippen LogP contribution in [0.1, 0.15) is 26.0 Å². The highest BCUT2D eigenvalue weighted by Crippen LogP contribution is 2.24. The van der Waals surface area contributed by atoms with Gasteiger partial charge in [-0.05, 0) is 5.92 Å². The molecule has 2 heterocycles. The van der Waals surface area contributed by atoms with Crippen LogP contribution in [0.5, 0.6) is 0 Å². The van der Waals surface area contributed by atoms with Crippen molar-refractivity contribution in [1.29, 1.82) is 0 Å². The average Bonchev–Trinajstić information content (AvgIpc) is 3.04. The maximum Gasteiger partial charge on any atom is 0.222 e. The molecular formula is C19H25N3OS. The minimum Gasteiger partial charge on any atom is -0.340 e. The van der Waals surface area contributed by atoms with E-state index in [2.05, 4.69) is 36.3 Å². The normalized spacial score (nSPS) is 15.9. The predicted octanol–water partition coefficient (Wildman–Crippen LogP) is 3.50. The highest BCUT2D eigenvalue weighted by atomic mass is 32.1. The molecule has 0 saturated carbocycles. The molecule has 1 aliphatic heterocycles. The van der Waals surface area contributed by atoms with Crippen molar-refractivity contribution in [2.75, 3.05) is 26.2 Å². The highest BCUT2D eigenvalue weighted by Gasteiger charge is 2.22. The van der Waals surface area contributed by atoms with Crippen molar-refractivity contribution in [3.8, 4) is 10.6 Å². The molecule has 1 aliphatic rings. The van der Waals surface area contributed by atoms with Gasteiger partial charge in [0.15, 0.2) is 0 Å². The summed E-state index contributed by atoms with van der Waals surface area (Å²) in [5, 5.41) is 3.23. The van der Waals surface area contributed by atoms with Gasteiger partial charge in [-0.1, -0.05) is 44.2 Å². The highest BCUT2D eigenvalue weighted by molar-refractivity contribution is 7.13. The first kappa shape index (κ1) is 17.1. The Labute approximate surface area is 148 Å². The minimum absolute atomic E-state index is 0.296. The van der Waals surface area contributed by atoms with Crippen molar-refractivity contribution in [2.24, 2.45) is 5.92 Å². The predicted molar refractivity (Wildman–Crippen MR) is 98.9 cm³/mol. The monoisotopic (exact) mass is 343 g/mol. The second-order valence-corrected chi connectivity index (χ2v) is 7.62. The summed E-state index contributed by atoms with van der Waals surface area (Å²) in [7, 11) is 0. The van der Waals surface area contributed by atoms with Crippen LogP contribution in [0, 0.1) is 5.92 Å². The van der Waals surface area contributed by atoms with Gasteiger partial charge in [-0.25, -0.2) is 4.98 Å². The summed E-state index contributed by atoms with van der Waals surface area (Å²) in [6, 6.07) is 10.3. The van der Waals surface area contributed by atoms with E-state index in [0.29, 0.717) is 18.2 Å². The number of hydrogen-bond acceptors (Lipinski definition) is 4. The van der Waals surface area contributed by atoms with Gasteiger partial charge in [0.05, 0.1) is 5.69 Å². The number of nitrogens with zero attached hydrogens (tertiary/aromatic N) is 3. The number of carbonyl (C=O) groups is 1. The molecule has 1 aromatic carbocycles. The second kappa shape index (κ2) is 7.90. The summed E-state index contributed by atoms with van der Waals surface area (Å²) in [6.07, 6.45) is 0.659. The summed E-state index contributed by atoms with van der Waals surface area (Å²) < 4.78 is 0.